The van der Waals surface area contributed by atoms with Crippen molar-refractivity contribution in [1.29, 1.82) is 0 Å². The zero-order chi connectivity index (χ0) is 38.7. The minimum atomic E-state index is -0.649. The fourth-order valence-corrected chi connectivity index (χ4v) is 9.76. The Bertz CT molecular complexity index is 2610. The van der Waals surface area contributed by atoms with Gasteiger partial charge in [0.25, 0.3) is 0 Å². The molecule has 0 saturated heterocycles. The van der Waals surface area contributed by atoms with Crippen molar-refractivity contribution in [2.24, 2.45) is 20.8 Å². The number of H-pyrrole nitrogens is 2. The van der Waals surface area contributed by atoms with E-state index in [9.17, 15) is 0 Å². The second kappa shape index (κ2) is 13.2. The number of allylic oxidation sites excluding steroid dienone is 5. The van der Waals surface area contributed by atoms with Gasteiger partial charge in [0.1, 0.15) is 0 Å². The Hall–Kier alpha value is -6.26. The molecular formula is C52H48N4. The average molecular weight is 729 g/mol. The van der Waals surface area contributed by atoms with Crippen LogP contribution < -0.4 is 0 Å². The average Bonchev–Trinajstić information content (AvgIpc) is 4.04. The molecule has 4 heteroatoms. The lowest BCUT2D eigenvalue weighted by atomic mass is 9.58. The number of aliphatic imine (C=N–C) groups is 2. The number of nitrogens with zero attached hydrogens (tertiary/aromatic N) is 2. The van der Waals surface area contributed by atoms with E-state index in [4.69, 9.17) is 9.98 Å². The lowest BCUT2D eigenvalue weighted by molar-refractivity contribution is 0.260. The molecular weight excluding hydrogens is 681 g/mol. The van der Waals surface area contributed by atoms with Gasteiger partial charge < -0.3 is 9.97 Å². The molecule has 56 heavy (non-hydrogen) atoms. The first kappa shape index (κ1) is 35.4. The van der Waals surface area contributed by atoms with E-state index in [-0.39, 0.29) is 10.8 Å². The van der Waals surface area contributed by atoms with Crippen LogP contribution >= 0.6 is 0 Å². The van der Waals surface area contributed by atoms with Gasteiger partial charge in [0.15, 0.2) is 0 Å². The summed E-state index contributed by atoms with van der Waals surface area (Å²) in [7, 11) is 0. The highest BCUT2D eigenvalue weighted by Gasteiger charge is 2.53. The Morgan fingerprint density at radius 1 is 0.411 bits per heavy atom. The summed E-state index contributed by atoms with van der Waals surface area (Å²) in [6.07, 6.45) is 8.76. The van der Waals surface area contributed by atoms with Gasteiger partial charge in [-0.25, -0.2) is 4.99 Å². The summed E-state index contributed by atoms with van der Waals surface area (Å²) in [6, 6.07) is 52.3. The van der Waals surface area contributed by atoms with Crippen LogP contribution in [0.4, 0.5) is 0 Å². The zero-order valence-electron chi connectivity index (χ0n) is 33.1. The van der Waals surface area contributed by atoms with Crippen LogP contribution in [0.3, 0.4) is 0 Å². The molecule has 9 rings (SSSR count). The van der Waals surface area contributed by atoms with Crippen molar-refractivity contribution in [2.45, 2.75) is 52.4 Å². The fraction of sp³-hybridized carbons (Fsp3) is 0.192. The molecule has 3 aliphatic heterocycles. The largest absolute Gasteiger partial charge is 0.360 e. The smallest absolute Gasteiger partial charge is 0.0822 e. The maximum absolute atomic E-state index is 5.68. The first-order chi connectivity index (χ1) is 27.0. The predicted molar refractivity (Wildman–Crippen MR) is 233 cm³/mol. The van der Waals surface area contributed by atoms with Crippen LogP contribution in [0, 0.1) is 10.8 Å². The molecule has 6 aromatic rings. The maximum atomic E-state index is 5.68. The summed E-state index contributed by atoms with van der Waals surface area (Å²) < 4.78 is 0. The van der Waals surface area contributed by atoms with Gasteiger partial charge in [0.05, 0.1) is 33.6 Å². The van der Waals surface area contributed by atoms with E-state index < -0.39 is 10.8 Å². The molecule has 2 aromatic heterocycles. The van der Waals surface area contributed by atoms with Crippen molar-refractivity contribution in [1.82, 2.24) is 9.97 Å². The molecule has 3 aliphatic rings. The van der Waals surface area contributed by atoms with Gasteiger partial charge in [-0.1, -0.05) is 163 Å². The van der Waals surface area contributed by atoms with Crippen molar-refractivity contribution in [2.75, 3.05) is 0 Å². The Kier molecular flexibility index (Phi) is 8.35. The lowest BCUT2D eigenvalue weighted by Crippen LogP contribution is -2.48. The maximum Gasteiger partial charge on any atom is 0.0822 e. The number of rotatable bonds is 4. The highest BCUT2D eigenvalue weighted by molar-refractivity contribution is 6.32. The van der Waals surface area contributed by atoms with Gasteiger partial charge in [-0.2, -0.15) is 0 Å². The van der Waals surface area contributed by atoms with Crippen molar-refractivity contribution in [3.8, 4) is 0 Å². The van der Waals surface area contributed by atoms with E-state index in [0.29, 0.717) is 0 Å². The Morgan fingerprint density at radius 3 is 1.43 bits per heavy atom. The number of fused-ring (bicyclic) bond motifs is 6. The van der Waals surface area contributed by atoms with Gasteiger partial charge in [0, 0.05) is 33.9 Å². The molecule has 2 atom stereocenters. The second-order valence-electron chi connectivity index (χ2n) is 17.2. The van der Waals surface area contributed by atoms with Crippen LogP contribution in [0.25, 0.3) is 11.1 Å². The number of nitrogens with one attached hydrogen (secondary N) is 2. The third-order valence-electron chi connectivity index (χ3n) is 12.1. The van der Waals surface area contributed by atoms with Gasteiger partial charge in [-0.3, -0.25) is 4.99 Å². The van der Waals surface area contributed by atoms with Gasteiger partial charge >= 0.3 is 0 Å². The minimum Gasteiger partial charge on any atom is -0.360 e. The van der Waals surface area contributed by atoms with E-state index in [1.807, 2.05) is 0 Å². The SMILES string of the molecule is CC(C)(C)C1(c2ccccc2)C2=N/C(=C(/c3ccccc3)C3=N/C(=C(/c4ccccc4)c4ccc([nH]4)C(c4ccccc4)(C(C)(C)C)c4ccc1[nH]4)C=C3)C=C2. The molecule has 2 unspecified atom stereocenters. The standard InChI is InChI=1S/C52H48N4/c1-49(2,3)51(37-23-15-9-16-24-37)43-31-29-41(54-43)47(35-19-11-7-12-20-35)39-27-28-40(53-39)48(36-21-13-8-14-22-36)42-30-32-44(55-42)52(50(4,5)6,38-25-17-10-18-26-38)46-34-33-45(51)56-46/h7-34,54,56H,1-6H3/b47-39-,48-42-. The van der Waals surface area contributed by atoms with E-state index in [1.54, 1.807) is 0 Å². The zero-order valence-corrected chi connectivity index (χ0v) is 33.1. The van der Waals surface area contributed by atoms with Gasteiger partial charge in [-0.15, -0.1) is 0 Å². The number of hydrogen-bond donors (Lipinski definition) is 2. The first-order valence-electron chi connectivity index (χ1n) is 19.7. The number of hydrogen-bond acceptors (Lipinski definition) is 2. The molecule has 0 spiro atoms. The lowest BCUT2D eigenvalue weighted by Gasteiger charge is -2.46. The molecule has 0 fully saturated rings. The molecule has 0 aliphatic carbocycles. The van der Waals surface area contributed by atoms with E-state index in [0.717, 1.165) is 67.9 Å². The minimum absolute atomic E-state index is 0.287. The van der Waals surface area contributed by atoms with Crippen molar-refractivity contribution in [3.05, 3.63) is 226 Å². The summed E-state index contributed by atoms with van der Waals surface area (Å²) in [6.45, 7) is 14.1. The van der Waals surface area contributed by atoms with Crippen LogP contribution in [-0.4, -0.2) is 21.4 Å². The van der Waals surface area contributed by atoms with Crippen LogP contribution in [0.5, 0.6) is 0 Å². The molecule has 2 N–H and O–H groups in total. The Labute approximate surface area is 330 Å². The van der Waals surface area contributed by atoms with Gasteiger partial charge in [-0.05, 0) is 81.7 Å². The summed E-state index contributed by atoms with van der Waals surface area (Å²) in [5, 5.41) is 0. The van der Waals surface area contributed by atoms with E-state index >= 15 is 0 Å². The molecule has 0 amide bonds. The van der Waals surface area contributed by atoms with E-state index in [1.165, 1.54) is 11.1 Å². The predicted octanol–water partition coefficient (Wildman–Crippen LogP) is 12.3. The molecule has 0 saturated carbocycles. The van der Waals surface area contributed by atoms with Crippen molar-refractivity contribution in [3.63, 3.8) is 0 Å². The van der Waals surface area contributed by atoms with Crippen LogP contribution in [0.15, 0.2) is 191 Å². The third-order valence-corrected chi connectivity index (χ3v) is 12.1. The summed E-state index contributed by atoms with van der Waals surface area (Å²) in [5.74, 6) is 0. The summed E-state index contributed by atoms with van der Waals surface area (Å²) in [5.41, 5.74) is 12.8. The normalized spacial score (nSPS) is 23.3. The second-order valence-corrected chi connectivity index (χ2v) is 17.2. The molecule has 276 valence electrons. The number of benzene rings is 4. The Morgan fingerprint density at radius 2 is 0.857 bits per heavy atom. The van der Waals surface area contributed by atoms with E-state index in [2.05, 4.69) is 221 Å². The molecule has 8 bridgehead atoms. The van der Waals surface area contributed by atoms with Crippen LogP contribution in [0.1, 0.15) is 86.6 Å². The highest BCUT2D eigenvalue weighted by Crippen LogP contribution is 2.55. The van der Waals surface area contributed by atoms with Crippen molar-refractivity contribution < 1.29 is 0 Å². The first-order valence-corrected chi connectivity index (χ1v) is 19.7. The molecule has 5 heterocycles. The summed E-state index contributed by atoms with van der Waals surface area (Å²) >= 11 is 0. The topological polar surface area (TPSA) is 56.3 Å². The highest BCUT2D eigenvalue weighted by atomic mass is 14.9. The monoisotopic (exact) mass is 728 g/mol. The fourth-order valence-electron chi connectivity index (χ4n) is 9.76. The third kappa shape index (κ3) is 5.34. The molecule has 4 nitrogen and oxygen atoms in total. The molecule has 4 aromatic carbocycles. The summed E-state index contributed by atoms with van der Waals surface area (Å²) in [4.78, 5) is 19.4. The van der Waals surface area contributed by atoms with Crippen molar-refractivity contribution >= 4 is 22.6 Å². The van der Waals surface area contributed by atoms with Gasteiger partial charge in [0.2, 0.25) is 0 Å². The van der Waals surface area contributed by atoms with Crippen LogP contribution in [0.2, 0.25) is 0 Å². The number of aromatic amines is 2. The number of aromatic nitrogens is 2. The molecule has 0 radical (unpaired) electrons. The Balaban J connectivity index is 1.45. The van der Waals surface area contributed by atoms with Crippen LogP contribution in [-0.2, 0) is 10.8 Å². The quantitative estimate of drug-likeness (QED) is 0.182.